The van der Waals surface area contributed by atoms with Gasteiger partial charge >= 0.3 is 0 Å². The highest BCUT2D eigenvalue weighted by Gasteiger charge is 2.15. The molecule has 0 aliphatic heterocycles. The summed E-state index contributed by atoms with van der Waals surface area (Å²) in [7, 11) is 0. The lowest BCUT2D eigenvalue weighted by molar-refractivity contribution is 0.352. The van der Waals surface area contributed by atoms with Crippen LogP contribution in [0.15, 0.2) is 22.7 Å². The van der Waals surface area contributed by atoms with Crippen LogP contribution in [0.1, 0.15) is 25.3 Å². The smallest absolute Gasteiger partial charge is 0.243 e. The Labute approximate surface area is 96.4 Å². The van der Waals surface area contributed by atoms with E-state index in [1.54, 1.807) is 0 Å². The Morgan fingerprint density at radius 2 is 2.12 bits per heavy atom. The second-order valence-corrected chi connectivity index (χ2v) is 3.60. The van der Waals surface area contributed by atoms with Gasteiger partial charge in [-0.1, -0.05) is 12.1 Å². The lowest BCUT2D eigenvalue weighted by Gasteiger charge is -1.99. The van der Waals surface area contributed by atoms with Gasteiger partial charge in [-0.05, 0) is 24.6 Å². The standard InChI is InChI=1S/C11H11F2N3O/c1-2-9(14)11-15-10(16-17-11)6-3-4-7(12)8(13)5-6/h3-5,9H,2,14H2,1H3. The van der Waals surface area contributed by atoms with Crippen molar-refractivity contribution < 1.29 is 13.3 Å². The van der Waals surface area contributed by atoms with Crippen molar-refractivity contribution in [3.63, 3.8) is 0 Å². The summed E-state index contributed by atoms with van der Waals surface area (Å²) in [6.07, 6.45) is 0.652. The number of hydrogen-bond acceptors (Lipinski definition) is 4. The molecule has 0 saturated carbocycles. The normalized spacial score (nSPS) is 12.7. The number of nitrogens with two attached hydrogens (primary N) is 1. The summed E-state index contributed by atoms with van der Waals surface area (Å²) < 4.78 is 30.7. The van der Waals surface area contributed by atoms with Crippen molar-refractivity contribution in [1.29, 1.82) is 0 Å². The van der Waals surface area contributed by atoms with Crippen LogP contribution >= 0.6 is 0 Å². The number of rotatable bonds is 3. The summed E-state index contributed by atoms with van der Waals surface area (Å²) in [5.74, 6) is -1.38. The lowest BCUT2D eigenvalue weighted by Crippen LogP contribution is -2.08. The number of aromatic nitrogens is 2. The van der Waals surface area contributed by atoms with E-state index >= 15 is 0 Å². The minimum atomic E-state index is -0.950. The first-order chi connectivity index (χ1) is 8.11. The second kappa shape index (κ2) is 4.58. The van der Waals surface area contributed by atoms with E-state index < -0.39 is 11.6 Å². The molecule has 0 bridgehead atoms. The number of nitrogens with zero attached hydrogens (tertiary/aromatic N) is 2. The van der Waals surface area contributed by atoms with E-state index in [1.807, 2.05) is 6.92 Å². The van der Waals surface area contributed by atoms with Crippen LogP contribution in [0.2, 0.25) is 0 Å². The van der Waals surface area contributed by atoms with Crippen LogP contribution in [0.5, 0.6) is 0 Å². The Bertz CT molecular complexity index is 527. The predicted octanol–water partition coefficient (Wildman–Crippen LogP) is 2.42. The molecule has 4 nitrogen and oxygen atoms in total. The quantitative estimate of drug-likeness (QED) is 0.893. The molecule has 1 heterocycles. The maximum atomic E-state index is 13.0. The number of halogens is 2. The van der Waals surface area contributed by atoms with E-state index in [2.05, 4.69) is 10.1 Å². The monoisotopic (exact) mass is 239 g/mol. The van der Waals surface area contributed by atoms with Gasteiger partial charge in [0.15, 0.2) is 11.6 Å². The van der Waals surface area contributed by atoms with E-state index in [0.717, 1.165) is 12.1 Å². The van der Waals surface area contributed by atoms with Gasteiger partial charge < -0.3 is 10.3 Å². The minimum Gasteiger partial charge on any atom is -0.337 e. The highest BCUT2D eigenvalue weighted by Crippen LogP contribution is 2.20. The van der Waals surface area contributed by atoms with E-state index in [0.29, 0.717) is 12.0 Å². The molecule has 0 saturated heterocycles. The third-order valence-electron chi connectivity index (χ3n) is 2.38. The Kier molecular flexibility index (Phi) is 3.14. The molecule has 1 atom stereocenters. The maximum Gasteiger partial charge on any atom is 0.243 e. The number of benzene rings is 1. The fourth-order valence-corrected chi connectivity index (χ4v) is 1.31. The molecule has 0 radical (unpaired) electrons. The van der Waals surface area contributed by atoms with Gasteiger partial charge in [-0.2, -0.15) is 4.98 Å². The van der Waals surface area contributed by atoms with E-state index in [4.69, 9.17) is 10.3 Å². The molecule has 1 aromatic heterocycles. The van der Waals surface area contributed by atoms with E-state index in [9.17, 15) is 8.78 Å². The molecular formula is C11H11F2N3O. The zero-order chi connectivity index (χ0) is 12.4. The van der Waals surface area contributed by atoms with Gasteiger partial charge in [0.25, 0.3) is 0 Å². The molecule has 1 aromatic carbocycles. The Hall–Kier alpha value is -1.82. The highest BCUT2D eigenvalue weighted by atomic mass is 19.2. The molecule has 0 spiro atoms. The fraction of sp³-hybridized carbons (Fsp3) is 0.273. The SMILES string of the molecule is CCC(N)c1nc(-c2ccc(F)c(F)c2)no1. The largest absolute Gasteiger partial charge is 0.337 e. The number of hydrogen-bond donors (Lipinski definition) is 1. The zero-order valence-corrected chi connectivity index (χ0v) is 9.15. The Morgan fingerprint density at radius 1 is 1.35 bits per heavy atom. The van der Waals surface area contributed by atoms with Crippen molar-refractivity contribution in [3.8, 4) is 11.4 Å². The van der Waals surface area contributed by atoms with Crippen molar-refractivity contribution in [3.05, 3.63) is 35.7 Å². The molecule has 0 fully saturated rings. The van der Waals surface area contributed by atoms with Crippen LogP contribution in [0.3, 0.4) is 0 Å². The van der Waals surface area contributed by atoms with Crippen molar-refractivity contribution >= 4 is 0 Å². The summed E-state index contributed by atoms with van der Waals surface area (Å²) in [5.41, 5.74) is 6.06. The highest BCUT2D eigenvalue weighted by molar-refractivity contribution is 5.54. The summed E-state index contributed by atoms with van der Waals surface area (Å²) in [4.78, 5) is 4.03. The summed E-state index contributed by atoms with van der Waals surface area (Å²) >= 11 is 0. The molecule has 6 heteroatoms. The van der Waals surface area contributed by atoms with Gasteiger partial charge in [0.1, 0.15) is 0 Å². The molecule has 17 heavy (non-hydrogen) atoms. The van der Waals surface area contributed by atoms with Crippen LogP contribution in [0.4, 0.5) is 8.78 Å². The molecule has 2 rings (SSSR count). The van der Waals surface area contributed by atoms with Crippen LogP contribution in [-0.4, -0.2) is 10.1 Å². The first-order valence-corrected chi connectivity index (χ1v) is 5.16. The van der Waals surface area contributed by atoms with Gasteiger partial charge in [0.05, 0.1) is 6.04 Å². The summed E-state index contributed by atoms with van der Waals surface area (Å²) in [6.45, 7) is 1.88. The van der Waals surface area contributed by atoms with Gasteiger partial charge in [0, 0.05) is 5.56 Å². The van der Waals surface area contributed by atoms with Crippen molar-refractivity contribution in [2.75, 3.05) is 0 Å². The molecule has 90 valence electrons. The summed E-state index contributed by atoms with van der Waals surface area (Å²) in [5, 5.41) is 3.67. The summed E-state index contributed by atoms with van der Waals surface area (Å²) in [6, 6.07) is 3.06. The van der Waals surface area contributed by atoms with Crippen molar-refractivity contribution in [2.45, 2.75) is 19.4 Å². The topological polar surface area (TPSA) is 64.9 Å². The average molecular weight is 239 g/mol. The molecule has 0 aliphatic rings. The molecule has 2 N–H and O–H groups in total. The maximum absolute atomic E-state index is 13.0. The molecule has 1 unspecified atom stereocenters. The van der Waals surface area contributed by atoms with Crippen LogP contribution in [0, 0.1) is 11.6 Å². The average Bonchev–Trinajstić information content (AvgIpc) is 2.81. The van der Waals surface area contributed by atoms with Crippen molar-refractivity contribution in [1.82, 2.24) is 10.1 Å². The van der Waals surface area contributed by atoms with Gasteiger partial charge in [-0.15, -0.1) is 0 Å². The van der Waals surface area contributed by atoms with Gasteiger partial charge in [-0.25, -0.2) is 8.78 Å². The van der Waals surface area contributed by atoms with Crippen molar-refractivity contribution in [2.24, 2.45) is 5.73 Å². The van der Waals surface area contributed by atoms with E-state index in [-0.39, 0.29) is 17.8 Å². The third kappa shape index (κ3) is 2.31. The van der Waals surface area contributed by atoms with Crippen LogP contribution in [0.25, 0.3) is 11.4 Å². The zero-order valence-electron chi connectivity index (χ0n) is 9.15. The lowest BCUT2D eigenvalue weighted by atomic mass is 10.2. The molecular weight excluding hydrogens is 228 g/mol. The predicted molar refractivity (Wildman–Crippen MR) is 56.9 cm³/mol. The third-order valence-corrected chi connectivity index (χ3v) is 2.38. The first-order valence-electron chi connectivity index (χ1n) is 5.16. The van der Waals surface area contributed by atoms with Gasteiger partial charge in [-0.3, -0.25) is 0 Å². The first kappa shape index (κ1) is 11.7. The van der Waals surface area contributed by atoms with E-state index in [1.165, 1.54) is 6.07 Å². The van der Waals surface area contributed by atoms with Gasteiger partial charge in [0.2, 0.25) is 11.7 Å². The Morgan fingerprint density at radius 3 is 2.76 bits per heavy atom. The second-order valence-electron chi connectivity index (χ2n) is 3.60. The molecule has 2 aromatic rings. The Balaban J connectivity index is 2.33. The van der Waals surface area contributed by atoms with Crippen LogP contribution < -0.4 is 5.73 Å². The fourth-order valence-electron chi connectivity index (χ4n) is 1.31. The van der Waals surface area contributed by atoms with Crippen LogP contribution in [-0.2, 0) is 0 Å². The minimum absolute atomic E-state index is 0.197. The molecule has 0 aliphatic carbocycles. The molecule has 0 amide bonds.